The van der Waals surface area contributed by atoms with E-state index in [1.54, 1.807) is 12.4 Å². The molecule has 0 saturated carbocycles. The molecule has 23 heavy (non-hydrogen) atoms. The van der Waals surface area contributed by atoms with Crippen molar-refractivity contribution in [3.63, 3.8) is 0 Å². The van der Waals surface area contributed by atoms with E-state index >= 15 is 0 Å². The molecule has 2 aromatic heterocycles. The van der Waals surface area contributed by atoms with Crippen LogP contribution >= 0.6 is 11.6 Å². The van der Waals surface area contributed by atoms with Gasteiger partial charge in [0.15, 0.2) is 0 Å². The van der Waals surface area contributed by atoms with Crippen LogP contribution in [0.4, 0.5) is 0 Å². The lowest BCUT2D eigenvalue weighted by Crippen LogP contribution is -2.25. The summed E-state index contributed by atoms with van der Waals surface area (Å²) < 4.78 is 1.82. The monoisotopic (exact) mass is 328 g/mol. The van der Waals surface area contributed by atoms with Crippen LogP contribution in [0.5, 0.6) is 0 Å². The molecule has 0 aliphatic carbocycles. The zero-order valence-electron chi connectivity index (χ0n) is 13.0. The maximum absolute atomic E-state index is 6.34. The van der Waals surface area contributed by atoms with Crippen LogP contribution in [0.1, 0.15) is 11.6 Å². The Kier molecular flexibility index (Phi) is 4.64. The first-order chi connectivity index (χ1) is 11.1. The summed E-state index contributed by atoms with van der Waals surface area (Å²) >= 11 is 6.34. The van der Waals surface area contributed by atoms with Crippen molar-refractivity contribution in [2.24, 2.45) is 0 Å². The Morgan fingerprint density at radius 2 is 1.91 bits per heavy atom. The van der Waals surface area contributed by atoms with E-state index in [2.05, 4.69) is 25.2 Å². The van der Waals surface area contributed by atoms with Crippen LogP contribution in [-0.4, -0.2) is 44.0 Å². The molecule has 1 atom stereocenters. The van der Waals surface area contributed by atoms with Crippen molar-refractivity contribution in [3.05, 3.63) is 59.8 Å². The highest BCUT2D eigenvalue weighted by atomic mass is 35.5. The lowest BCUT2D eigenvalue weighted by Gasteiger charge is -2.25. The van der Waals surface area contributed by atoms with Gasteiger partial charge >= 0.3 is 0 Å². The number of rotatable bonds is 5. The van der Waals surface area contributed by atoms with Gasteiger partial charge in [-0.15, -0.1) is 5.10 Å². The fourth-order valence-corrected chi connectivity index (χ4v) is 2.68. The molecule has 0 fully saturated rings. The molecule has 118 valence electrons. The summed E-state index contributed by atoms with van der Waals surface area (Å²) in [7, 11) is 4.05. The Bertz CT molecular complexity index is 771. The molecule has 2 heterocycles. The van der Waals surface area contributed by atoms with Crippen molar-refractivity contribution in [1.29, 1.82) is 0 Å². The summed E-state index contributed by atoms with van der Waals surface area (Å²) in [6.45, 7) is 0.650. The second-order valence-electron chi connectivity index (χ2n) is 5.45. The summed E-state index contributed by atoms with van der Waals surface area (Å²) in [5.41, 5.74) is 2.67. The number of hydrogen-bond acceptors (Lipinski definition) is 5. The van der Waals surface area contributed by atoms with Crippen molar-refractivity contribution in [2.75, 3.05) is 14.1 Å². The van der Waals surface area contributed by atoms with E-state index in [-0.39, 0.29) is 6.04 Å². The number of halogens is 1. The van der Waals surface area contributed by atoms with Gasteiger partial charge in [0, 0.05) is 23.0 Å². The Morgan fingerprint density at radius 3 is 2.61 bits per heavy atom. The quantitative estimate of drug-likeness (QED) is 0.720. The predicted octanol–water partition coefficient (Wildman–Crippen LogP) is 2.69. The molecule has 0 bridgehead atoms. The molecule has 7 heteroatoms. The minimum absolute atomic E-state index is 0.102. The third kappa shape index (κ3) is 3.55. The highest BCUT2D eigenvalue weighted by molar-refractivity contribution is 6.31. The first-order valence-electron chi connectivity index (χ1n) is 7.21. The van der Waals surface area contributed by atoms with Crippen molar-refractivity contribution in [2.45, 2.75) is 12.6 Å². The van der Waals surface area contributed by atoms with Crippen LogP contribution in [0.25, 0.3) is 11.3 Å². The predicted molar refractivity (Wildman–Crippen MR) is 88.9 cm³/mol. The second-order valence-corrected chi connectivity index (χ2v) is 5.86. The summed E-state index contributed by atoms with van der Waals surface area (Å²) in [5, 5.41) is 9.16. The molecule has 0 aliphatic heterocycles. The number of likely N-dealkylation sites (N-methyl/N-ethyl adjacent to an activating group) is 1. The van der Waals surface area contributed by atoms with Gasteiger partial charge in [0.25, 0.3) is 0 Å². The fourth-order valence-electron chi connectivity index (χ4n) is 2.41. The van der Waals surface area contributed by atoms with E-state index in [1.165, 1.54) is 6.33 Å². The van der Waals surface area contributed by atoms with E-state index < -0.39 is 0 Å². The third-order valence-corrected chi connectivity index (χ3v) is 3.99. The van der Waals surface area contributed by atoms with E-state index in [0.29, 0.717) is 6.54 Å². The topological polar surface area (TPSA) is 59.7 Å². The van der Waals surface area contributed by atoms with E-state index in [0.717, 1.165) is 21.8 Å². The zero-order valence-corrected chi connectivity index (χ0v) is 13.7. The van der Waals surface area contributed by atoms with Gasteiger partial charge in [-0.2, -0.15) is 0 Å². The van der Waals surface area contributed by atoms with Crippen LogP contribution in [0.3, 0.4) is 0 Å². The molecule has 0 N–H and O–H groups in total. The normalized spacial score (nSPS) is 12.5. The Morgan fingerprint density at radius 1 is 1.17 bits per heavy atom. The SMILES string of the molecule is CN(C)C(Cn1cc(-c2cncnc2)nn1)c1ccccc1Cl. The van der Waals surface area contributed by atoms with Crippen LogP contribution in [0.2, 0.25) is 5.02 Å². The molecular formula is C16H17ClN6. The molecule has 3 aromatic rings. The van der Waals surface area contributed by atoms with Gasteiger partial charge in [0.2, 0.25) is 0 Å². The highest BCUT2D eigenvalue weighted by Gasteiger charge is 2.18. The van der Waals surface area contributed by atoms with Gasteiger partial charge in [0.1, 0.15) is 12.0 Å². The molecule has 0 spiro atoms. The first kappa shape index (κ1) is 15.6. The summed E-state index contributed by atoms with van der Waals surface area (Å²) in [6, 6.07) is 7.97. The summed E-state index contributed by atoms with van der Waals surface area (Å²) in [5.74, 6) is 0. The van der Waals surface area contributed by atoms with Gasteiger partial charge in [-0.1, -0.05) is 35.0 Å². The van der Waals surface area contributed by atoms with Gasteiger partial charge in [-0.05, 0) is 25.7 Å². The number of aromatic nitrogens is 5. The summed E-state index contributed by atoms with van der Waals surface area (Å²) in [4.78, 5) is 10.1. The van der Waals surface area contributed by atoms with Crippen LogP contribution < -0.4 is 0 Å². The lowest BCUT2D eigenvalue weighted by molar-refractivity contribution is 0.259. The van der Waals surface area contributed by atoms with E-state index in [9.17, 15) is 0 Å². The smallest absolute Gasteiger partial charge is 0.116 e. The maximum Gasteiger partial charge on any atom is 0.116 e. The Balaban J connectivity index is 1.85. The molecular weight excluding hydrogens is 312 g/mol. The molecule has 0 radical (unpaired) electrons. The largest absolute Gasteiger partial charge is 0.301 e. The molecule has 0 aliphatic rings. The molecule has 1 aromatic carbocycles. The van der Waals surface area contributed by atoms with Crippen molar-refractivity contribution >= 4 is 11.6 Å². The van der Waals surface area contributed by atoms with Gasteiger partial charge in [-0.3, -0.25) is 0 Å². The van der Waals surface area contributed by atoms with Crippen LogP contribution in [0.15, 0.2) is 49.2 Å². The van der Waals surface area contributed by atoms with Crippen molar-refractivity contribution < 1.29 is 0 Å². The van der Waals surface area contributed by atoms with Crippen LogP contribution in [-0.2, 0) is 6.54 Å². The molecule has 1 unspecified atom stereocenters. The molecule has 0 saturated heterocycles. The molecule has 0 amide bonds. The highest BCUT2D eigenvalue weighted by Crippen LogP contribution is 2.27. The van der Waals surface area contributed by atoms with E-state index in [4.69, 9.17) is 11.6 Å². The first-order valence-corrected chi connectivity index (χ1v) is 7.59. The standard InChI is InChI=1S/C16H17ClN6/c1-22(2)16(13-5-3-4-6-14(13)17)10-23-9-15(20-21-23)12-7-18-11-19-8-12/h3-9,11,16H,10H2,1-2H3. The average molecular weight is 329 g/mol. The van der Waals surface area contributed by atoms with Crippen molar-refractivity contribution in [3.8, 4) is 11.3 Å². The van der Waals surface area contributed by atoms with Gasteiger partial charge in [0.05, 0.1) is 18.8 Å². The lowest BCUT2D eigenvalue weighted by atomic mass is 10.1. The molecule has 6 nitrogen and oxygen atoms in total. The zero-order chi connectivity index (χ0) is 16.2. The minimum Gasteiger partial charge on any atom is -0.301 e. The second kappa shape index (κ2) is 6.85. The van der Waals surface area contributed by atoms with Crippen LogP contribution in [0, 0.1) is 0 Å². The van der Waals surface area contributed by atoms with Gasteiger partial charge < -0.3 is 4.90 Å². The number of benzene rings is 1. The number of hydrogen-bond donors (Lipinski definition) is 0. The fraction of sp³-hybridized carbons (Fsp3) is 0.250. The third-order valence-electron chi connectivity index (χ3n) is 3.64. The van der Waals surface area contributed by atoms with Crippen molar-refractivity contribution in [1.82, 2.24) is 29.9 Å². The molecule has 3 rings (SSSR count). The Hall–Kier alpha value is -2.31. The van der Waals surface area contributed by atoms with Gasteiger partial charge in [-0.25, -0.2) is 14.6 Å². The maximum atomic E-state index is 6.34. The minimum atomic E-state index is 0.102. The number of nitrogens with zero attached hydrogens (tertiary/aromatic N) is 6. The Labute approximate surface area is 139 Å². The summed E-state index contributed by atoms with van der Waals surface area (Å²) in [6.07, 6.45) is 6.83. The van der Waals surface area contributed by atoms with E-state index in [1.807, 2.05) is 49.2 Å². The average Bonchev–Trinajstić information content (AvgIpc) is 3.03.